The van der Waals surface area contributed by atoms with Crippen LogP contribution in [0.5, 0.6) is 0 Å². The number of aliphatic carboxylic acids is 1. The lowest BCUT2D eigenvalue weighted by molar-refractivity contribution is -0.147. The molecule has 0 spiro atoms. The number of hydrogen-bond donors (Lipinski definition) is 1. The van der Waals surface area contributed by atoms with Gasteiger partial charge in [0.1, 0.15) is 0 Å². The molecule has 4 nitrogen and oxygen atoms in total. The van der Waals surface area contributed by atoms with Crippen LogP contribution in [0.15, 0.2) is 0 Å². The van der Waals surface area contributed by atoms with Crippen molar-refractivity contribution in [3.63, 3.8) is 0 Å². The summed E-state index contributed by atoms with van der Waals surface area (Å²) in [5, 5.41) is 13.6. The van der Waals surface area contributed by atoms with Gasteiger partial charge in [-0.2, -0.15) is 5.10 Å². The van der Waals surface area contributed by atoms with Gasteiger partial charge in [-0.15, -0.1) is 0 Å². The Balaban J connectivity index is 3.37. The second-order valence-corrected chi connectivity index (χ2v) is 4.14. The third-order valence-electron chi connectivity index (χ3n) is 3.27. The third-order valence-corrected chi connectivity index (χ3v) is 3.27. The predicted octanol–water partition coefficient (Wildman–Crippen LogP) is 2.02. The van der Waals surface area contributed by atoms with Gasteiger partial charge in [-0.05, 0) is 39.7 Å². The van der Waals surface area contributed by atoms with Crippen molar-refractivity contribution in [1.29, 1.82) is 0 Å². The Bertz CT molecular complexity index is 396. The molecular formula is C11H18N2O2. The molecule has 0 fully saturated rings. The number of hydrogen-bond acceptors (Lipinski definition) is 2. The van der Waals surface area contributed by atoms with Crippen LogP contribution in [0.4, 0.5) is 0 Å². The van der Waals surface area contributed by atoms with Gasteiger partial charge in [0.05, 0.1) is 5.69 Å². The summed E-state index contributed by atoms with van der Waals surface area (Å²) in [6.07, 6.45) is 0.518. The van der Waals surface area contributed by atoms with Gasteiger partial charge in [0.25, 0.3) is 0 Å². The maximum absolute atomic E-state index is 11.3. The standard InChI is InChI=1S/C11H18N2O2/c1-6-11(5,10(14)15)13-9(4)7(2)8(3)12-13/h6H2,1-5H3,(H,14,15). The van der Waals surface area contributed by atoms with Gasteiger partial charge in [0.15, 0.2) is 5.54 Å². The largest absolute Gasteiger partial charge is 0.479 e. The zero-order chi connectivity index (χ0) is 11.8. The molecule has 15 heavy (non-hydrogen) atoms. The molecule has 84 valence electrons. The summed E-state index contributed by atoms with van der Waals surface area (Å²) in [6, 6.07) is 0. The quantitative estimate of drug-likeness (QED) is 0.830. The average Bonchev–Trinajstić information content (AvgIpc) is 2.45. The minimum absolute atomic E-state index is 0.518. The maximum Gasteiger partial charge on any atom is 0.331 e. The molecular weight excluding hydrogens is 192 g/mol. The lowest BCUT2D eigenvalue weighted by Gasteiger charge is -2.25. The molecule has 0 aliphatic carbocycles. The van der Waals surface area contributed by atoms with Gasteiger partial charge in [0.2, 0.25) is 0 Å². The molecule has 0 aromatic carbocycles. The zero-order valence-electron chi connectivity index (χ0n) is 9.96. The van der Waals surface area contributed by atoms with E-state index in [0.29, 0.717) is 6.42 Å². The summed E-state index contributed by atoms with van der Waals surface area (Å²) in [7, 11) is 0. The molecule has 1 rings (SSSR count). The number of nitrogens with zero attached hydrogens (tertiary/aromatic N) is 2. The van der Waals surface area contributed by atoms with Crippen molar-refractivity contribution in [2.75, 3.05) is 0 Å². The lowest BCUT2D eigenvalue weighted by atomic mass is 9.99. The van der Waals surface area contributed by atoms with Gasteiger partial charge < -0.3 is 5.11 Å². The first kappa shape index (κ1) is 11.8. The van der Waals surface area contributed by atoms with Crippen molar-refractivity contribution in [3.05, 3.63) is 17.0 Å². The highest BCUT2D eigenvalue weighted by Gasteiger charge is 2.35. The third kappa shape index (κ3) is 1.64. The van der Waals surface area contributed by atoms with Crippen molar-refractivity contribution in [2.24, 2.45) is 0 Å². The average molecular weight is 210 g/mol. The summed E-state index contributed by atoms with van der Waals surface area (Å²) < 4.78 is 1.62. The van der Waals surface area contributed by atoms with Crippen molar-refractivity contribution >= 4 is 5.97 Å². The van der Waals surface area contributed by atoms with E-state index in [1.54, 1.807) is 11.6 Å². The Kier molecular flexibility index (Phi) is 2.88. The molecule has 0 aliphatic heterocycles. The van der Waals surface area contributed by atoms with Crippen LogP contribution in [0.1, 0.15) is 37.2 Å². The fourth-order valence-corrected chi connectivity index (χ4v) is 1.59. The van der Waals surface area contributed by atoms with Crippen LogP contribution in [-0.2, 0) is 10.3 Å². The smallest absolute Gasteiger partial charge is 0.331 e. The van der Waals surface area contributed by atoms with Gasteiger partial charge in [-0.3, -0.25) is 4.68 Å². The molecule has 1 atom stereocenters. The van der Waals surface area contributed by atoms with Gasteiger partial charge in [-0.1, -0.05) is 6.92 Å². The summed E-state index contributed by atoms with van der Waals surface area (Å²) >= 11 is 0. The minimum Gasteiger partial charge on any atom is -0.479 e. The van der Waals surface area contributed by atoms with Crippen molar-refractivity contribution in [1.82, 2.24) is 9.78 Å². The first-order valence-electron chi connectivity index (χ1n) is 5.11. The van der Waals surface area contributed by atoms with Gasteiger partial charge >= 0.3 is 5.97 Å². The molecule has 0 amide bonds. The van der Waals surface area contributed by atoms with Crippen LogP contribution in [0, 0.1) is 20.8 Å². The highest BCUT2D eigenvalue weighted by Crippen LogP contribution is 2.24. The van der Waals surface area contributed by atoms with Crippen LogP contribution in [0.25, 0.3) is 0 Å². The van der Waals surface area contributed by atoms with Gasteiger partial charge in [0, 0.05) is 5.69 Å². The van der Waals surface area contributed by atoms with Crippen molar-refractivity contribution in [3.8, 4) is 0 Å². The molecule has 1 N–H and O–H groups in total. The SMILES string of the molecule is CCC(C)(C(=O)O)n1nc(C)c(C)c1C. The van der Waals surface area contributed by atoms with E-state index in [2.05, 4.69) is 5.10 Å². The Morgan fingerprint density at radius 1 is 1.47 bits per heavy atom. The Morgan fingerprint density at radius 3 is 2.27 bits per heavy atom. The second kappa shape index (κ2) is 3.68. The van der Waals surface area contributed by atoms with Crippen molar-refractivity contribution < 1.29 is 9.90 Å². The molecule has 0 radical (unpaired) electrons. The van der Waals surface area contributed by atoms with E-state index in [4.69, 9.17) is 0 Å². The van der Waals surface area contributed by atoms with Crippen LogP contribution in [0.2, 0.25) is 0 Å². The topological polar surface area (TPSA) is 55.1 Å². The van der Waals surface area contributed by atoms with Crippen LogP contribution < -0.4 is 0 Å². The monoisotopic (exact) mass is 210 g/mol. The first-order chi connectivity index (χ1) is 6.84. The Hall–Kier alpha value is -1.32. The first-order valence-corrected chi connectivity index (χ1v) is 5.11. The van der Waals surface area contributed by atoms with E-state index >= 15 is 0 Å². The molecule has 1 aromatic heterocycles. The molecule has 1 heterocycles. The summed E-state index contributed by atoms with van der Waals surface area (Å²) in [6.45, 7) is 9.34. The van der Waals surface area contributed by atoms with Crippen LogP contribution in [0.3, 0.4) is 0 Å². The molecule has 1 aromatic rings. The number of carboxylic acids is 1. The van der Waals surface area contributed by atoms with E-state index < -0.39 is 11.5 Å². The highest BCUT2D eigenvalue weighted by molar-refractivity contribution is 5.76. The summed E-state index contributed by atoms with van der Waals surface area (Å²) in [5.74, 6) is -0.837. The highest BCUT2D eigenvalue weighted by atomic mass is 16.4. The molecule has 4 heteroatoms. The summed E-state index contributed by atoms with van der Waals surface area (Å²) in [5.41, 5.74) is 1.95. The number of aryl methyl sites for hydroxylation is 1. The molecule has 0 saturated carbocycles. The van der Waals surface area contributed by atoms with Gasteiger partial charge in [-0.25, -0.2) is 4.79 Å². The van der Waals surface area contributed by atoms with E-state index in [1.165, 1.54) is 0 Å². The van der Waals surface area contributed by atoms with Crippen LogP contribution >= 0.6 is 0 Å². The van der Waals surface area contributed by atoms with Crippen LogP contribution in [-0.4, -0.2) is 20.9 Å². The zero-order valence-corrected chi connectivity index (χ0v) is 9.96. The van der Waals surface area contributed by atoms with E-state index in [1.807, 2.05) is 27.7 Å². The number of aromatic nitrogens is 2. The molecule has 1 unspecified atom stereocenters. The lowest BCUT2D eigenvalue weighted by Crippen LogP contribution is -2.39. The molecule has 0 bridgehead atoms. The maximum atomic E-state index is 11.3. The van der Waals surface area contributed by atoms with E-state index in [-0.39, 0.29) is 0 Å². The number of rotatable bonds is 3. The molecule has 0 saturated heterocycles. The van der Waals surface area contributed by atoms with E-state index in [0.717, 1.165) is 17.0 Å². The summed E-state index contributed by atoms with van der Waals surface area (Å²) in [4.78, 5) is 11.3. The second-order valence-electron chi connectivity index (χ2n) is 4.14. The Morgan fingerprint density at radius 2 is 2.00 bits per heavy atom. The van der Waals surface area contributed by atoms with E-state index in [9.17, 15) is 9.90 Å². The number of carbonyl (C=O) groups is 1. The number of carboxylic acid groups (broad SMARTS) is 1. The fraction of sp³-hybridized carbons (Fsp3) is 0.636. The van der Waals surface area contributed by atoms with Crippen molar-refractivity contribution in [2.45, 2.75) is 46.6 Å². The molecule has 0 aliphatic rings. The minimum atomic E-state index is -0.941. The Labute approximate surface area is 89.9 Å². The normalized spacial score (nSPS) is 15.0. The predicted molar refractivity (Wildman–Crippen MR) is 58.0 cm³/mol. The fourth-order valence-electron chi connectivity index (χ4n) is 1.59.